The fourth-order valence-electron chi connectivity index (χ4n) is 3.48. The van der Waals surface area contributed by atoms with E-state index >= 15 is 8.78 Å². The highest BCUT2D eigenvalue weighted by Gasteiger charge is 2.18. The van der Waals surface area contributed by atoms with Crippen LogP contribution >= 0.6 is 0 Å². The molecule has 3 rings (SSSR count). The summed E-state index contributed by atoms with van der Waals surface area (Å²) in [5.41, 5.74) is 4.19. The van der Waals surface area contributed by atoms with Crippen molar-refractivity contribution >= 4 is 11.4 Å². The predicted molar refractivity (Wildman–Crippen MR) is 129 cm³/mol. The van der Waals surface area contributed by atoms with Gasteiger partial charge < -0.3 is 10.6 Å². The second-order valence-electron chi connectivity index (χ2n) is 8.92. The van der Waals surface area contributed by atoms with Crippen LogP contribution in [0.5, 0.6) is 0 Å². The Balaban J connectivity index is 1.87. The molecule has 0 fully saturated rings. The Morgan fingerprint density at radius 1 is 0.710 bits per heavy atom. The van der Waals surface area contributed by atoms with E-state index in [2.05, 4.69) is 38.3 Å². The number of hydrogen-bond donors (Lipinski definition) is 2. The molecule has 0 aliphatic heterocycles. The van der Waals surface area contributed by atoms with Gasteiger partial charge in [0.05, 0.1) is 0 Å². The molecular weight excluding hydrogens is 390 g/mol. The molecule has 3 aromatic rings. The Bertz CT molecular complexity index is 1010. The zero-order chi connectivity index (χ0) is 22.5. The fourth-order valence-corrected chi connectivity index (χ4v) is 3.48. The van der Waals surface area contributed by atoms with Crippen LogP contribution in [0.4, 0.5) is 20.2 Å². The Morgan fingerprint density at radius 3 is 1.61 bits per heavy atom. The van der Waals surface area contributed by atoms with Crippen LogP contribution in [0.15, 0.2) is 54.6 Å². The molecule has 0 aromatic heterocycles. The van der Waals surface area contributed by atoms with Crippen LogP contribution in [0.1, 0.15) is 33.3 Å². The van der Waals surface area contributed by atoms with Crippen LogP contribution in [0, 0.1) is 30.4 Å². The highest BCUT2D eigenvalue weighted by molar-refractivity contribution is 5.76. The van der Waals surface area contributed by atoms with E-state index in [0.29, 0.717) is 34.1 Å². The van der Waals surface area contributed by atoms with Gasteiger partial charge in [0.15, 0.2) is 0 Å². The monoisotopic (exact) mass is 422 g/mol. The van der Waals surface area contributed by atoms with Crippen molar-refractivity contribution in [2.75, 3.05) is 23.7 Å². The molecule has 0 aliphatic rings. The van der Waals surface area contributed by atoms with Gasteiger partial charge in [-0.3, -0.25) is 0 Å². The molecule has 0 amide bonds. The first kappa shape index (κ1) is 22.8. The minimum atomic E-state index is -0.418. The second kappa shape index (κ2) is 9.95. The molecule has 0 saturated carbocycles. The SMILES string of the molecule is Cc1c(F)c(-c2ccc(NCC(C)C)cc2)cc(F)c1-c1ccc(NCC(C)C)cc1. The molecule has 0 radical (unpaired) electrons. The number of nitrogens with one attached hydrogen (secondary N) is 2. The predicted octanol–water partition coefficient (Wildman–Crippen LogP) is 7.74. The third kappa shape index (κ3) is 5.63. The van der Waals surface area contributed by atoms with Crippen LogP contribution in [-0.4, -0.2) is 13.1 Å². The number of benzene rings is 3. The first-order chi connectivity index (χ1) is 14.8. The number of halogens is 2. The van der Waals surface area contributed by atoms with Gasteiger partial charge in [0, 0.05) is 35.6 Å². The van der Waals surface area contributed by atoms with Crippen molar-refractivity contribution in [3.05, 3.63) is 71.8 Å². The van der Waals surface area contributed by atoms with E-state index in [9.17, 15) is 0 Å². The summed E-state index contributed by atoms with van der Waals surface area (Å²) < 4.78 is 30.4. The summed E-state index contributed by atoms with van der Waals surface area (Å²) in [6.07, 6.45) is 0. The minimum absolute atomic E-state index is 0.282. The van der Waals surface area contributed by atoms with E-state index in [4.69, 9.17) is 0 Å². The van der Waals surface area contributed by atoms with Crippen LogP contribution in [-0.2, 0) is 0 Å². The minimum Gasteiger partial charge on any atom is -0.385 e. The van der Waals surface area contributed by atoms with Gasteiger partial charge in [-0.25, -0.2) is 8.78 Å². The third-order valence-electron chi connectivity index (χ3n) is 5.25. The molecule has 0 atom stereocenters. The van der Waals surface area contributed by atoms with Gasteiger partial charge in [-0.15, -0.1) is 0 Å². The second-order valence-corrected chi connectivity index (χ2v) is 8.92. The molecule has 2 nitrogen and oxygen atoms in total. The van der Waals surface area contributed by atoms with Crippen molar-refractivity contribution in [1.82, 2.24) is 0 Å². The fraction of sp³-hybridized carbons (Fsp3) is 0.333. The summed E-state index contributed by atoms with van der Waals surface area (Å²) in [7, 11) is 0. The molecular formula is C27H32F2N2. The van der Waals surface area contributed by atoms with E-state index in [1.807, 2.05) is 48.5 Å². The summed E-state index contributed by atoms with van der Waals surface area (Å²) in [6.45, 7) is 11.9. The van der Waals surface area contributed by atoms with Gasteiger partial charge in [-0.05, 0) is 65.8 Å². The van der Waals surface area contributed by atoms with Crippen molar-refractivity contribution in [2.45, 2.75) is 34.6 Å². The molecule has 0 saturated heterocycles. The van der Waals surface area contributed by atoms with E-state index < -0.39 is 5.82 Å². The molecule has 3 aromatic carbocycles. The number of hydrogen-bond acceptors (Lipinski definition) is 2. The normalized spacial score (nSPS) is 11.3. The summed E-state index contributed by atoms with van der Waals surface area (Å²) in [5.74, 6) is 0.252. The maximum absolute atomic E-state index is 15.3. The third-order valence-corrected chi connectivity index (χ3v) is 5.25. The zero-order valence-corrected chi connectivity index (χ0v) is 19.0. The smallest absolute Gasteiger partial charge is 0.134 e. The van der Waals surface area contributed by atoms with Gasteiger partial charge in [0.1, 0.15) is 11.6 Å². The Hall–Kier alpha value is -2.88. The van der Waals surface area contributed by atoms with Gasteiger partial charge >= 0.3 is 0 Å². The summed E-state index contributed by atoms with van der Waals surface area (Å²) in [4.78, 5) is 0. The summed E-state index contributed by atoms with van der Waals surface area (Å²) in [5, 5.41) is 6.68. The van der Waals surface area contributed by atoms with E-state index in [-0.39, 0.29) is 11.4 Å². The lowest BCUT2D eigenvalue weighted by Gasteiger charge is -2.15. The Labute approximate surface area is 184 Å². The average molecular weight is 423 g/mol. The van der Waals surface area contributed by atoms with Crippen molar-refractivity contribution in [3.63, 3.8) is 0 Å². The summed E-state index contributed by atoms with van der Waals surface area (Å²) >= 11 is 0. The van der Waals surface area contributed by atoms with Crippen molar-refractivity contribution in [1.29, 1.82) is 0 Å². The van der Waals surface area contributed by atoms with Gasteiger partial charge in [0.25, 0.3) is 0 Å². The lowest BCUT2D eigenvalue weighted by atomic mass is 9.94. The molecule has 0 aliphatic carbocycles. The lowest BCUT2D eigenvalue weighted by molar-refractivity contribution is 0.599. The Morgan fingerprint density at radius 2 is 1.16 bits per heavy atom. The quantitative estimate of drug-likeness (QED) is 0.388. The van der Waals surface area contributed by atoms with Gasteiger partial charge in [-0.2, -0.15) is 0 Å². The highest BCUT2D eigenvalue weighted by atomic mass is 19.1. The maximum atomic E-state index is 15.3. The lowest BCUT2D eigenvalue weighted by Crippen LogP contribution is -2.07. The van der Waals surface area contributed by atoms with Gasteiger partial charge in [-0.1, -0.05) is 52.0 Å². The van der Waals surface area contributed by atoms with Crippen LogP contribution in [0.2, 0.25) is 0 Å². The molecule has 0 spiro atoms. The molecule has 164 valence electrons. The molecule has 0 bridgehead atoms. The first-order valence-corrected chi connectivity index (χ1v) is 10.9. The van der Waals surface area contributed by atoms with Crippen LogP contribution in [0.3, 0.4) is 0 Å². The standard InChI is InChI=1S/C27H32F2N2/c1-17(2)15-30-22-10-6-20(7-11-22)24-14-25(28)26(19(5)27(24)29)21-8-12-23(13-9-21)31-16-18(3)4/h6-14,17-18,30-31H,15-16H2,1-5H3. The van der Waals surface area contributed by atoms with Crippen molar-refractivity contribution in [3.8, 4) is 22.3 Å². The van der Waals surface area contributed by atoms with E-state index in [1.54, 1.807) is 6.92 Å². The van der Waals surface area contributed by atoms with Crippen LogP contribution < -0.4 is 10.6 Å². The van der Waals surface area contributed by atoms with E-state index in [1.165, 1.54) is 6.07 Å². The highest BCUT2D eigenvalue weighted by Crippen LogP contribution is 2.35. The molecule has 31 heavy (non-hydrogen) atoms. The topological polar surface area (TPSA) is 24.1 Å². The van der Waals surface area contributed by atoms with Crippen LogP contribution in [0.25, 0.3) is 22.3 Å². The average Bonchev–Trinajstić information content (AvgIpc) is 2.74. The molecule has 2 N–H and O–H groups in total. The molecule has 0 heterocycles. The largest absolute Gasteiger partial charge is 0.385 e. The number of rotatable bonds is 8. The van der Waals surface area contributed by atoms with E-state index in [0.717, 1.165) is 24.5 Å². The maximum Gasteiger partial charge on any atom is 0.134 e. The van der Waals surface area contributed by atoms with Gasteiger partial charge in [0.2, 0.25) is 0 Å². The Kier molecular flexibility index (Phi) is 7.32. The molecule has 4 heteroatoms. The van der Waals surface area contributed by atoms with Crippen molar-refractivity contribution < 1.29 is 8.78 Å². The summed E-state index contributed by atoms with van der Waals surface area (Å²) in [6, 6.07) is 16.3. The zero-order valence-electron chi connectivity index (χ0n) is 19.0. The molecule has 0 unspecified atom stereocenters. The number of anilines is 2. The first-order valence-electron chi connectivity index (χ1n) is 10.9. The van der Waals surface area contributed by atoms with Crippen molar-refractivity contribution in [2.24, 2.45) is 11.8 Å².